The molecule has 36 heavy (non-hydrogen) atoms. The lowest BCUT2D eigenvalue weighted by Gasteiger charge is -2.11. The van der Waals surface area contributed by atoms with Gasteiger partial charge in [-0.1, -0.05) is 103 Å². The van der Waals surface area contributed by atoms with Crippen LogP contribution < -0.4 is 0 Å². The van der Waals surface area contributed by atoms with Crippen LogP contribution in [0.25, 0.3) is 61.3 Å². The molecule has 0 aliphatic heterocycles. The van der Waals surface area contributed by atoms with Gasteiger partial charge in [0.2, 0.25) is 5.95 Å². The molecule has 7 aromatic rings. The Labute approximate surface area is 208 Å². The molecule has 7 rings (SSSR count). The zero-order valence-electron chi connectivity index (χ0n) is 19.8. The zero-order chi connectivity index (χ0) is 24.1. The van der Waals surface area contributed by atoms with Gasteiger partial charge in [-0.15, -0.1) is 0 Å². The monoisotopic (exact) mass is 462 g/mol. The van der Waals surface area contributed by atoms with E-state index in [1.54, 1.807) is 0 Å². The third-order valence-corrected chi connectivity index (χ3v) is 6.70. The number of hydrogen-bond donors (Lipinski definition) is 0. The summed E-state index contributed by atoms with van der Waals surface area (Å²) in [5.41, 5.74) is 5.30. The average molecular weight is 463 g/mol. The largest absolute Gasteiger partial charge is 0.278 e. The summed E-state index contributed by atoms with van der Waals surface area (Å²) in [5.74, 6) is 1.92. The standard InChI is InChI=1S/C32H22N4/c1-21-16-18-27-26(20-21)29-25-15-9-8-10-22(25)17-19-28(29)36(27)32-34-30(23-11-4-2-5-12-23)33-31(35-32)24-13-6-3-7-14-24/h2-20H,1H3. The van der Waals surface area contributed by atoms with Crippen LogP contribution in [-0.4, -0.2) is 19.5 Å². The van der Waals surface area contributed by atoms with Crippen LogP contribution in [0.2, 0.25) is 0 Å². The van der Waals surface area contributed by atoms with E-state index in [-0.39, 0.29) is 0 Å². The van der Waals surface area contributed by atoms with E-state index in [0.29, 0.717) is 17.6 Å². The number of nitrogens with zero attached hydrogens (tertiary/aromatic N) is 4. The number of benzene rings is 5. The molecule has 170 valence electrons. The third kappa shape index (κ3) is 3.27. The molecule has 2 aromatic heterocycles. The molecule has 0 unspecified atom stereocenters. The first kappa shape index (κ1) is 20.5. The van der Waals surface area contributed by atoms with Crippen molar-refractivity contribution in [3.63, 3.8) is 0 Å². The molecule has 0 amide bonds. The van der Waals surface area contributed by atoms with Crippen molar-refractivity contribution in [1.82, 2.24) is 19.5 Å². The summed E-state index contributed by atoms with van der Waals surface area (Å²) >= 11 is 0. The number of aryl methyl sites for hydroxylation is 1. The fraction of sp³-hybridized carbons (Fsp3) is 0.0312. The van der Waals surface area contributed by atoms with E-state index in [2.05, 4.69) is 66.1 Å². The highest BCUT2D eigenvalue weighted by Crippen LogP contribution is 2.37. The minimum absolute atomic E-state index is 0.613. The quantitative estimate of drug-likeness (QED) is 0.269. The molecule has 0 fully saturated rings. The minimum Gasteiger partial charge on any atom is -0.278 e. The van der Waals surface area contributed by atoms with Crippen molar-refractivity contribution >= 4 is 32.6 Å². The van der Waals surface area contributed by atoms with Gasteiger partial charge in [-0.2, -0.15) is 9.97 Å². The van der Waals surface area contributed by atoms with Crippen molar-refractivity contribution in [3.8, 4) is 28.7 Å². The summed E-state index contributed by atoms with van der Waals surface area (Å²) in [6.07, 6.45) is 0. The summed E-state index contributed by atoms with van der Waals surface area (Å²) < 4.78 is 2.18. The topological polar surface area (TPSA) is 43.6 Å². The van der Waals surface area contributed by atoms with Gasteiger partial charge in [-0.3, -0.25) is 4.57 Å². The Morgan fingerprint density at radius 1 is 0.528 bits per heavy atom. The molecule has 0 spiro atoms. The molecule has 4 nitrogen and oxygen atoms in total. The Kier molecular flexibility index (Phi) is 4.64. The number of hydrogen-bond acceptors (Lipinski definition) is 3. The molecule has 0 atom stereocenters. The molecule has 0 N–H and O–H groups in total. The fourth-order valence-electron chi connectivity index (χ4n) is 5.02. The second-order valence-electron chi connectivity index (χ2n) is 9.05. The van der Waals surface area contributed by atoms with Crippen molar-refractivity contribution in [3.05, 3.63) is 121 Å². The van der Waals surface area contributed by atoms with Crippen LogP contribution in [0.1, 0.15) is 5.56 Å². The van der Waals surface area contributed by atoms with Gasteiger partial charge < -0.3 is 0 Å². The Balaban J connectivity index is 1.60. The lowest BCUT2D eigenvalue weighted by Crippen LogP contribution is -2.06. The molecular weight excluding hydrogens is 440 g/mol. The number of fused-ring (bicyclic) bond motifs is 5. The van der Waals surface area contributed by atoms with Gasteiger partial charge in [0.15, 0.2) is 11.6 Å². The number of aromatic nitrogens is 4. The van der Waals surface area contributed by atoms with Crippen LogP contribution in [0.15, 0.2) is 115 Å². The maximum Gasteiger partial charge on any atom is 0.238 e. The summed E-state index contributed by atoms with van der Waals surface area (Å²) in [4.78, 5) is 14.9. The van der Waals surface area contributed by atoms with E-state index in [1.807, 2.05) is 60.7 Å². The predicted octanol–water partition coefficient (Wildman–Crippen LogP) is 7.76. The molecular formula is C32H22N4. The lowest BCUT2D eigenvalue weighted by atomic mass is 10.0. The fourth-order valence-corrected chi connectivity index (χ4v) is 5.02. The smallest absolute Gasteiger partial charge is 0.238 e. The molecule has 0 radical (unpaired) electrons. The van der Waals surface area contributed by atoms with Crippen molar-refractivity contribution < 1.29 is 0 Å². The first-order valence-corrected chi connectivity index (χ1v) is 12.1. The molecule has 0 bridgehead atoms. The highest BCUT2D eigenvalue weighted by molar-refractivity contribution is 6.21. The highest BCUT2D eigenvalue weighted by atomic mass is 15.2. The van der Waals surface area contributed by atoms with Crippen molar-refractivity contribution in [2.24, 2.45) is 0 Å². The molecule has 0 aliphatic carbocycles. The lowest BCUT2D eigenvalue weighted by molar-refractivity contribution is 0.953. The molecule has 0 aliphatic rings. The summed E-state index contributed by atoms with van der Waals surface area (Å²) in [6.45, 7) is 2.14. The Morgan fingerprint density at radius 2 is 1.14 bits per heavy atom. The second-order valence-corrected chi connectivity index (χ2v) is 9.05. The van der Waals surface area contributed by atoms with E-state index in [0.717, 1.165) is 22.2 Å². The van der Waals surface area contributed by atoms with Gasteiger partial charge in [0.05, 0.1) is 11.0 Å². The van der Waals surface area contributed by atoms with Crippen LogP contribution in [0.5, 0.6) is 0 Å². The van der Waals surface area contributed by atoms with Gasteiger partial charge in [0, 0.05) is 21.9 Å². The van der Waals surface area contributed by atoms with Crippen LogP contribution in [-0.2, 0) is 0 Å². The van der Waals surface area contributed by atoms with E-state index >= 15 is 0 Å². The first-order valence-electron chi connectivity index (χ1n) is 12.1. The summed E-state index contributed by atoms with van der Waals surface area (Å²) in [7, 11) is 0. The van der Waals surface area contributed by atoms with E-state index < -0.39 is 0 Å². The second kappa shape index (κ2) is 8.14. The predicted molar refractivity (Wildman–Crippen MR) is 147 cm³/mol. The summed E-state index contributed by atoms with van der Waals surface area (Å²) in [6, 6.07) is 39.7. The third-order valence-electron chi connectivity index (χ3n) is 6.70. The van der Waals surface area contributed by atoms with Crippen molar-refractivity contribution in [2.75, 3.05) is 0 Å². The maximum absolute atomic E-state index is 5.02. The zero-order valence-corrected chi connectivity index (χ0v) is 19.8. The van der Waals surface area contributed by atoms with E-state index in [1.165, 1.54) is 27.1 Å². The van der Waals surface area contributed by atoms with Crippen LogP contribution in [0, 0.1) is 6.92 Å². The van der Waals surface area contributed by atoms with Crippen LogP contribution in [0.4, 0.5) is 0 Å². The normalized spacial score (nSPS) is 11.5. The summed E-state index contributed by atoms with van der Waals surface area (Å²) in [5, 5.41) is 4.86. The number of rotatable bonds is 3. The average Bonchev–Trinajstić information content (AvgIpc) is 3.27. The van der Waals surface area contributed by atoms with Gasteiger partial charge in [-0.05, 0) is 35.9 Å². The molecule has 4 heteroatoms. The van der Waals surface area contributed by atoms with Gasteiger partial charge in [0.25, 0.3) is 0 Å². The van der Waals surface area contributed by atoms with Gasteiger partial charge in [0.1, 0.15) is 0 Å². The van der Waals surface area contributed by atoms with Crippen LogP contribution >= 0.6 is 0 Å². The molecule has 2 heterocycles. The maximum atomic E-state index is 5.02. The molecule has 0 saturated heterocycles. The Bertz CT molecular complexity index is 1830. The highest BCUT2D eigenvalue weighted by Gasteiger charge is 2.19. The molecule has 5 aromatic carbocycles. The molecule has 0 saturated carbocycles. The Morgan fingerprint density at radius 3 is 1.83 bits per heavy atom. The van der Waals surface area contributed by atoms with Crippen molar-refractivity contribution in [1.29, 1.82) is 0 Å². The minimum atomic E-state index is 0.613. The first-order chi connectivity index (χ1) is 17.8. The van der Waals surface area contributed by atoms with Crippen LogP contribution in [0.3, 0.4) is 0 Å². The van der Waals surface area contributed by atoms with E-state index in [4.69, 9.17) is 15.0 Å². The van der Waals surface area contributed by atoms with E-state index in [9.17, 15) is 0 Å². The van der Waals surface area contributed by atoms with Gasteiger partial charge in [-0.25, -0.2) is 4.98 Å². The van der Waals surface area contributed by atoms with Gasteiger partial charge >= 0.3 is 0 Å². The van der Waals surface area contributed by atoms with Crippen molar-refractivity contribution in [2.45, 2.75) is 6.92 Å². The Hall–Kier alpha value is -4.83. The SMILES string of the molecule is Cc1ccc2c(c1)c1c3ccccc3ccc1n2-c1nc(-c2ccccc2)nc(-c2ccccc2)n1.